The molecule has 1 unspecified atom stereocenters. The van der Waals surface area contributed by atoms with Crippen LogP contribution in [0.5, 0.6) is 17.2 Å². The molecule has 1 aliphatic heterocycles. The third-order valence-corrected chi connectivity index (χ3v) is 6.27. The van der Waals surface area contributed by atoms with Gasteiger partial charge in [-0.2, -0.15) is 0 Å². The molecule has 0 saturated carbocycles. The number of cyclic esters (lactones) is 1. The monoisotopic (exact) mass is 433 g/mol. The molecular formula is C22H27NO6S. The SMILES string of the molecule is COc1ccc([S+]([O-])CCCCOc2ccc3c(c2)C(C)(C)OC(=O)N3)cc1OC. The van der Waals surface area contributed by atoms with Gasteiger partial charge in [-0.3, -0.25) is 5.32 Å². The van der Waals surface area contributed by atoms with Gasteiger partial charge in [-0.25, -0.2) is 4.79 Å². The van der Waals surface area contributed by atoms with Crippen molar-refractivity contribution in [3.05, 3.63) is 42.0 Å². The van der Waals surface area contributed by atoms with Gasteiger partial charge in [0.05, 0.1) is 26.5 Å². The number of anilines is 1. The number of ether oxygens (including phenoxy) is 4. The zero-order valence-corrected chi connectivity index (χ0v) is 18.5. The first-order valence-corrected chi connectivity index (χ1v) is 11.0. The lowest BCUT2D eigenvalue weighted by molar-refractivity contribution is 0.0418. The first kappa shape index (κ1) is 22.1. The predicted molar refractivity (Wildman–Crippen MR) is 115 cm³/mol. The molecule has 3 rings (SSSR count). The molecule has 0 aromatic heterocycles. The molecule has 1 aliphatic rings. The van der Waals surface area contributed by atoms with Gasteiger partial charge in [0.15, 0.2) is 16.4 Å². The number of unbranched alkanes of at least 4 members (excludes halogenated alkanes) is 1. The molecule has 1 N–H and O–H groups in total. The average molecular weight is 434 g/mol. The van der Waals surface area contributed by atoms with Gasteiger partial charge in [-0.1, -0.05) is 0 Å². The molecule has 0 bridgehead atoms. The lowest BCUT2D eigenvalue weighted by atomic mass is 9.94. The van der Waals surface area contributed by atoms with E-state index in [1.54, 1.807) is 32.4 Å². The second kappa shape index (κ2) is 9.49. The molecule has 162 valence electrons. The normalized spacial score (nSPS) is 15.4. The van der Waals surface area contributed by atoms with Crippen LogP contribution in [0.3, 0.4) is 0 Å². The molecular weight excluding hydrogens is 406 g/mol. The van der Waals surface area contributed by atoms with Crippen LogP contribution in [0.25, 0.3) is 0 Å². The van der Waals surface area contributed by atoms with Crippen molar-refractivity contribution in [1.29, 1.82) is 0 Å². The number of fused-ring (bicyclic) bond motifs is 1. The molecule has 0 saturated heterocycles. The second-order valence-corrected chi connectivity index (χ2v) is 8.92. The highest BCUT2D eigenvalue weighted by molar-refractivity contribution is 7.91. The van der Waals surface area contributed by atoms with E-state index in [2.05, 4.69) is 5.32 Å². The Bertz CT molecular complexity index is 901. The van der Waals surface area contributed by atoms with Crippen LogP contribution in [0.2, 0.25) is 0 Å². The van der Waals surface area contributed by atoms with Gasteiger partial charge < -0.3 is 23.5 Å². The van der Waals surface area contributed by atoms with Crippen molar-refractivity contribution in [2.75, 3.05) is 31.9 Å². The summed E-state index contributed by atoms with van der Waals surface area (Å²) in [4.78, 5) is 12.3. The fraction of sp³-hybridized carbons (Fsp3) is 0.409. The van der Waals surface area contributed by atoms with Crippen LogP contribution in [0.4, 0.5) is 10.5 Å². The fourth-order valence-electron chi connectivity index (χ4n) is 3.24. The number of hydrogen-bond acceptors (Lipinski definition) is 6. The Morgan fingerprint density at radius 3 is 2.57 bits per heavy atom. The van der Waals surface area contributed by atoms with E-state index in [9.17, 15) is 9.35 Å². The van der Waals surface area contributed by atoms with Crippen molar-refractivity contribution >= 4 is 23.0 Å². The Morgan fingerprint density at radius 2 is 1.83 bits per heavy atom. The van der Waals surface area contributed by atoms with Crippen molar-refractivity contribution in [1.82, 2.24) is 0 Å². The molecule has 0 radical (unpaired) electrons. The van der Waals surface area contributed by atoms with Crippen LogP contribution < -0.4 is 19.5 Å². The number of benzene rings is 2. The molecule has 2 aromatic carbocycles. The molecule has 8 heteroatoms. The molecule has 30 heavy (non-hydrogen) atoms. The van der Waals surface area contributed by atoms with Crippen molar-refractivity contribution < 1.29 is 28.3 Å². The quantitative estimate of drug-likeness (QED) is 0.464. The minimum absolute atomic E-state index is 0.455. The van der Waals surface area contributed by atoms with Gasteiger partial charge in [0.25, 0.3) is 0 Å². The van der Waals surface area contributed by atoms with Gasteiger partial charge in [-0.15, -0.1) is 0 Å². The maximum absolute atomic E-state index is 12.5. The smallest absolute Gasteiger partial charge is 0.412 e. The van der Waals surface area contributed by atoms with Crippen LogP contribution in [-0.2, 0) is 21.5 Å². The Balaban J connectivity index is 1.48. The van der Waals surface area contributed by atoms with Gasteiger partial charge in [0.1, 0.15) is 17.1 Å². The molecule has 0 spiro atoms. The Kier molecular flexibility index (Phi) is 6.99. The van der Waals surface area contributed by atoms with E-state index in [0.717, 1.165) is 24.1 Å². The standard InChI is InChI=1S/C22H27NO6S/c1-22(2)17-13-15(7-9-18(17)23-21(24)29-22)28-11-5-6-12-30(25)16-8-10-19(26-3)20(14-16)27-4/h7-10,13-14H,5-6,11-12H2,1-4H3,(H,23,24). The summed E-state index contributed by atoms with van der Waals surface area (Å²) in [5.74, 6) is 2.44. The van der Waals surface area contributed by atoms with Crippen molar-refractivity contribution in [2.45, 2.75) is 37.2 Å². The van der Waals surface area contributed by atoms with E-state index in [1.165, 1.54) is 0 Å². The second-order valence-electron chi connectivity index (χ2n) is 7.35. The first-order chi connectivity index (χ1) is 14.3. The number of rotatable bonds is 9. The summed E-state index contributed by atoms with van der Waals surface area (Å²) >= 11 is -1.12. The van der Waals surface area contributed by atoms with Gasteiger partial charge in [0, 0.05) is 11.6 Å². The zero-order chi connectivity index (χ0) is 21.7. The van der Waals surface area contributed by atoms with E-state index < -0.39 is 22.9 Å². The highest BCUT2D eigenvalue weighted by Gasteiger charge is 2.33. The van der Waals surface area contributed by atoms with Crippen LogP contribution >= 0.6 is 0 Å². The molecule has 7 nitrogen and oxygen atoms in total. The van der Waals surface area contributed by atoms with Crippen molar-refractivity contribution in [3.63, 3.8) is 0 Å². The predicted octanol–water partition coefficient (Wildman–Crippen LogP) is 4.47. The molecule has 1 amide bonds. The number of hydrogen-bond donors (Lipinski definition) is 1. The Morgan fingerprint density at radius 1 is 1.07 bits per heavy atom. The topological polar surface area (TPSA) is 89.1 Å². The summed E-state index contributed by atoms with van der Waals surface area (Å²) in [6.45, 7) is 4.20. The number of amides is 1. The van der Waals surface area contributed by atoms with Gasteiger partial charge in [-0.05, 0) is 68.2 Å². The van der Waals surface area contributed by atoms with E-state index in [-0.39, 0.29) is 0 Å². The lowest BCUT2D eigenvalue weighted by Gasteiger charge is -2.32. The van der Waals surface area contributed by atoms with E-state index >= 15 is 0 Å². The third-order valence-electron chi connectivity index (χ3n) is 4.83. The molecule has 1 atom stereocenters. The number of carbonyl (C=O) groups excluding carboxylic acids is 1. The summed E-state index contributed by atoms with van der Waals surface area (Å²) in [5, 5.41) is 2.70. The number of carbonyl (C=O) groups is 1. The summed E-state index contributed by atoms with van der Waals surface area (Å²) in [5.41, 5.74) is 0.885. The van der Waals surface area contributed by atoms with E-state index in [1.807, 2.05) is 32.0 Å². The molecule has 1 heterocycles. The third kappa shape index (κ3) is 5.12. The van der Waals surface area contributed by atoms with Crippen molar-refractivity contribution in [2.24, 2.45) is 0 Å². The number of nitrogens with one attached hydrogen (secondary N) is 1. The van der Waals surface area contributed by atoms with Crippen LogP contribution in [0.1, 0.15) is 32.3 Å². The summed E-state index contributed by atoms with van der Waals surface area (Å²) in [7, 11) is 3.13. The summed E-state index contributed by atoms with van der Waals surface area (Å²) in [6.07, 6.45) is 1.08. The zero-order valence-electron chi connectivity index (χ0n) is 17.7. The average Bonchev–Trinajstić information content (AvgIpc) is 2.72. The fourth-order valence-corrected chi connectivity index (χ4v) is 4.40. The van der Waals surface area contributed by atoms with Gasteiger partial charge in [0.2, 0.25) is 0 Å². The van der Waals surface area contributed by atoms with Crippen molar-refractivity contribution in [3.8, 4) is 17.2 Å². The van der Waals surface area contributed by atoms with Gasteiger partial charge >= 0.3 is 6.09 Å². The minimum atomic E-state index is -1.12. The van der Waals surface area contributed by atoms with Crippen LogP contribution in [0.15, 0.2) is 41.3 Å². The lowest BCUT2D eigenvalue weighted by Crippen LogP contribution is -2.34. The molecule has 0 fully saturated rings. The Hall–Kier alpha value is -2.58. The van der Waals surface area contributed by atoms with E-state index in [4.69, 9.17) is 18.9 Å². The maximum atomic E-state index is 12.5. The Labute approximate surface area is 179 Å². The van der Waals surface area contributed by atoms with E-state index in [0.29, 0.717) is 34.5 Å². The highest BCUT2D eigenvalue weighted by Crippen LogP contribution is 2.37. The molecule has 0 aliphatic carbocycles. The largest absolute Gasteiger partial charge is 0.611 e. The maximum Gasteiger partial charge on any atom is 0.412 e. The molecule has 2 aromatic rings. The highest BCUT2D eigenvalue weighted by atomic mass is 32.2. The first-order valence-electron chi connectivity index (χ1n) is 9.72. The summed E-state index contributed by atoms with van der Waals surface area (Å²) < 4.78 is 34.2. The summed E-state index contributed by atoms with van der Waals surface area (Å²) in [6, 6.07) is 10.8. The number of methoxy groups -OCH3 is 2. The van der Waals surface area contributed by atoms with Crippen LogP contribution in [0, 0.1) is 0 Å². The van der Waals surface area contributed by atoms with Crippen LogP contribution in [-0.4, -0.2) is 37.2 Å². The minimum Gasteiger partial charge on any atom is -0.611 e.